The van der Waals surface area contributed by atoms with Gasteiger partial charge in [0.05, 0.1) is 12.0 Å². The fourth-order valence-corrected chi connectivity index (χ4v) is 5.88. The zero-order chi connectivity index (χ0) is 22.9. The highest BCUT2D eigenvalue weighted by Gasteiger charge is 2.38. The van der Waals surface area contributed by atoms with Gasteiger partial charge in [-0.25, -0.2) is 8.42 Å². The van der Waals surface area contributed by atoms with Gasteiger partial charge < -0.3 is 10.1 Å². The number of hydrogen-bond acceptors (Lipinski definition) is 5. The molecule has 9 heteroatoms. The summed E-state index contributed by atoms with van der Waals surface area (Å²) in [7, 11) is -1.98. The fourth-order valence-electron chi connectivity index (χ4n) is 4.32. The van der Waals surface area contributed by atoms with Gasteiger partial charge in [-0.05, 0) is 54.3 Å². The molecule has 0 saturated carbocycles. The predicted molar refractivity (Wildman–Crippen MR) is 120 cm³/mol. The second-order valence-electron chi connectivity index (χ2n) is 8.08. The van der Waals surface area contributed by atoms with Crippen molar-refractivity contribution in [1.29, 1.82) is 0 Å². The van der Waals surface area contributed by atoms with Crippen molar-refractivity contribution in [2.24, 2.45) is 0 Å². The average Bonchev–Trinajstić information content (AvgIpc) is 3.45. The van der Waals surface area contributed by atoms with Crippen LogP contribution in [0.4, 0.5) is 5.69 Å². The minimum absolute atomic E-state index is 0.209. The number of amides is 2. The van der Waals surface area contributed by atoms with Gasteiger partial charge in [-0.2, -0.15) is 4.31 Å². The Balaban J connectivity index is 1.52. The molecule has 8 nitrogen and oxygen atoms in total. The molecule has 2 heterocycles. The number of rotatable bonds is 6. The lowest BCUT2D eigenvalue weighted by molar-refractivity contribution is -0.125. The molecule has 32 heavy (non-hydrogen) atoms. The molecule has 2 amide bonds. The lowest BCUT2D eigenvalue weighted by atomic mass is 10.1. The lowest BCUT2D eigenvalue weighted by Crippen LogP contribution is -2.47. The number of benzene rings is 2. The van der Waals surface area contributed by atoms with Crippen LogP contribution in [0.25, 0.3) is 0 Å². The first-order chi connectivity index (χ1) is 15.3. The number of nitrogens with zero attached hydrogens (tertiary/aromatic N) is 2. The third-order valence-electron chi connectivity index (χ3n) is 6.01. The number of hydrogen-bond donors (Lipinski definition) is 1. The Bertz CT molecular complexity index is 1120. The maximum Gasteiger partial charge on any atom is 0.243 e. The van der Waals surface area contributed by atoms with Crippen molar-refractivity contribution in [3.63, 3.8) is 0 Å². The summed E-state index contributed by atoms with van der Waals surface area (Å²) in [6, 6.07) is 11.4. The van der Waals surface area contributed by atoms with Crippen molar-refractivity contribution < 1.29 is 22.7 Å². The van der Waals surface area contributed by atoms with Crippen LogP contribution in [-0.2, 0) is 32.6 Å². The number of anilines is 1. The van der Waals surface area contributed by atoms with Gasteiger partial charge in [0, 0.05) is 38.7 Å². The molecule has 0 aromatic heterocycles. The predicted octanol–water partition coefficient (Wildman–Crippen LogP) is 2.07. The van der Waals surface area contributed by atoms with Crippen molar-refractivity contribution in [2.75, 3.05) is 25.1 Å². The number of methoxy groups -OCH3 is 1. The van der Waals surface area contributed by atoms with Crippen molar-refractivity contribution >= 4 is 27.5 Å². The first kappa shape index (κ1) is 22.3. The van der Waals surface area contributed by atoms with Crippen LogP contribution >= 0.6 is 0 Å². The number of carbonyl (C=O) groups is 2. The van der Waals surface area contributed by atoms with Gasteiger partial charge in [-0.3, -0.25) is 14.5 Å². The Morgan fingerprint density at radius 1 is 1.09 bits per heavy atom. The normalized spacial score (nSPS) is 18.4. The van der Waals surface area contributed by atoms with Crippen LogP contribution in [0.3, 0.4) is 0 Å². The first-order valence-corrected chi connectivity index (χ1v) is 12.1. The second kappa shape index (κ2) is 8.91. The zero-order valence-corrected chi connectivity index (χ0v) is 19.0. The zero-order valence-electron chi connectivity index (χ0n) is 18.2. The van der Waals surface area contributed by atoms with E-state index >= 15 is 0 Å². The Kier molecular flexibility index (Phi) is 6.21. The molecule has 2 aliphatic rings. The summed E-state index contributed by atoms with van der Waals surface area (Å²) in [6.07, 6.45) is 1.99. The van der Waals surface area contributed by atoms with E-state index in [4.69, 9.17) is 4.74 Å². The molecule has 0 unspecified atom stereocenters. The molecular weight excluding hydrogens is 430 g/mol. The number of nitrogens with one attached hydrogen (secondary N) is 1. The average molecular weight is 458 g/mol. The molecular formula is C23H27N3O5S. The summed E-state index contributed by atoms with van der Waals surface area (Å²) >= 11 is 0. The molecule has 4 rings (SSSR count). The second-order valence-corrected chi connectivity index (χ2v) is 10.0. The van der Waals surface area contributed by atoms with E-state index in [0.717, 1.165) is 24.2 Å². The fraction of sp³-hybridized carbons (Fsp3) is 0.391. The molecule has 1 N–H and O–H groups in total. The SMILES string of the molecule is COc1ccc(CNC(=O)[C@@H]2Cc3cc(S(=O)(=O)N4CCCC4)ccc3N2C(C)=O)cc1. The van der Waals surface area contributed by atoms with Crippen molar-refractivity contribution in [3.8, 4) is 5.75 Å². The van der Waals surface area contributed by atoms with Crippen LogP contribution in [0, 0.1) is 0 Å². The van der Waals surface area contributed by atoms with E-state index in [9.17, 15) is 18.0 Å². The van der Waals surface area contributed by atoms with Gasteiger partial charge in [0.25, 0.3) is 0 Å². The Morgan fingerprint density at radius 2 is 1.78 bits per heavy atom. The van der Waals surface area contributed by atoms with Crippen LogP contribution in [0.1, 0.15) is 30.9 Å². The molecule has 1 fully saturated rings. The van der Waals surface area contributed by atoms with E-state index in [1.807, 2.05) is 24.3 Å². The van der Waals surface area contributed by atoms with Gasteiger partial charge in [0.1, 0.15) is 11.8 Å². The van der Waals surface area contributed by atoms with E-state index in [-0.39, 0.29) is 23.1 Å². The van der Waals surface area contributed by atoms with Crippen molar-refractivity contribution in [3.05, 3.63) is 53.6 Å². The molecule has 1 saturated heterocycles. The summed E-state index contributed by atoms with van der Waals surface area (Å²) in [5, 5.41) is 2.89. The first-order valence-electron chi connectivity index (χ1n) is 10.6. The third kappa shape index (κ3) is 4.22. The number of carbonyl (C=O) groups excluding carboxylic acids is 2. The summed E-state index contributed by atoms with van der Waals surface area (Å²) in [4.78, 5) is 27.0. The highest BCUT2D eigenvalue weighted by Crippen LogP contribution is 2.35. The number of fused-ring (bicyclic) bond motifs is 1. The number of ether oxygens (including phenoxy) is 1. The summed E-state index contributed by atoms with van der Waals surface area (Å²) in [5.41, 5.74) is 2.18. The van der Waals surface area contributed by atoms with E-state index in [1.54, 1.807) is 19.2 Å². The van der Waals surface area contributed by atoms with Crippen LogP contribution in [0.5, 0.6) is 5.75 Å². The van der Waals surface area contributed by atoms with E-state index in [1.165, 1.54) is 22.2 Å². The Hall–Kier alpha value is -2.91. The van der Waals surface area contributed by atoms with Gasteiger partial charge in [0.2, 0.25) is 21.8 Å². The maximum atomic E-state index is 13.0. The van der Waals surface area contributed by atoms with E-state index in [0.29, 0.717) is 30.9 Å². The summed E-state index contributed by atoms with van der Waals surface area (Å²) < 4.78 is 32.5. The smallest absolute Gasteiger partial charge is 0.243 e. The monoisotopic (exact) mass is 457 g/mol. The van der Waals surface area contributed by atoms with Gasteiger partial charge in [0.15, 0.2) is 0 Å². The van der Waals surface area contributed by atoms with Crippen LogP contribution in [0.2, 0.25) is 0 Å². The lowest BCUT2D eigenvalue weighted by Gasteiger charge is -2.23. The molecule has 0 radical (unpaired) electrons. The largest absolute Gasteiger partial charge is 0.497 e. The van der Waals surface area contributed by atoms with Crippen LogP contribution in [0.15, 0.2) is 47.4 Å². The van der Waals surface area contributed by atoms with Crippen LogP contribution in [-0.4, -0.2) is 50.8 Å². The molecule has 2 aliphatic heterocycles. The van der Waals surface area contributed by atoms with Crippen LogP contribution < -0.4 is 15.0 Å². The molecule has 2 aromatic rings. The molecule has 0 spiro atoms. The molecule has 170 valence electrons. The van der Waals surface area contributed by atoms with E-state index < -0.39 is 16.1 Å². The van der Waals surface area contributed by atoms with E-state index in [2.05, 4.69) is 5.32 Å². The number of sulfonamides is 1. The highest BCUT2D eigenvalue weighted by molar-refractivity contribution is 7.89. The van der Waals surface area contributed by atoms with Gasteiger partial charge >= 0.3 is 0 Å². The Labute approximate surface area is 188 Å². The molecule has 2 aromatic carbocycles. The van der Waals surface area contributed by atoms with Gasteiger partial charge in [-0.15, -0.1) is 0 Å². The minimum Gasteiger partial charge on any atom is -0.497 e. The van der Waals surface area contributed by atoms with Gasteiger partial charge in [-0.1, -0.05) is 12.1 Å². The standard InChI is InChI=1S/C23H27N3O5S/c1-16(27)26-21-10-9-20(32(29,30)25-11-3-4-12-25)13-18(21)14-22(26)23(28)24-15-17-5-7-19(31-2)8-6-17/h5-10,13,22H,3-4,11-12,14-15H2,1-2H3,(H,24,28)/t22-/m0/s1. The third-order valence-corrected chi connectivity index (χ3v) is 7.90. The highest BCUT2D eigenvalue weighted by atomic mass is 32.2. The molecule has 0 bridgehead atoms. The quantitative estimate of drug-likeness (QED) is 0.717. The molecule has 1 atom stereocenters. The minimum atomic E-state index is -3.57. The van der Waals surface area contributed by atoms with Crippen molar-refractivity contribution in [2.45, 2.75) is 43.7 Å². The Morgan fingerprint density at radius 3 is 2.41 bits per heavy atom. The summed E-state index contributed by atoms with van der Waals surface area (Å²) in [6.45, 7) is 2.77. The molecule has 0 aliphatic carbocycles. The topological polar surface area (TPSA) is 96.0 Å². The van der Waals surface area contributed by atoms with Crippen molar-refractivity contribution in [1.82, 2.24) is 9.62 Å². The summed E-state index contributed by atoms with van der Waals surface area (Å²) in [5.74, 6) is 0.188. The maximum absolute atomic E-state index is 13.0.